The first-order chi connectivity index (χ1) is 50.0. The topological polar surface area (TPSA) is 556 Å². The van der Waals surface area contributed by atoms with Crippen molar-refractivity contribution in [3.63, 3.8) is 0 Å². The van der Waals surface area contributed by atoms with Crippen LogP contribution in [0, 0.1) is 11.8 Å². The van der Waals surface area contributed by atoms with Crippen LogP contribution in [0.5, 0.6) is 0 Å². The SMILES string of the molecule is NCCc1cn(CC2CCC3CN2C(=O)N3OS(=O)(=O)O)nn1.O=C1N2CC(CCC2Cn2cc(-c3ccccc3)nn2)N1OS(=O)(=O)O.O=C1N2CC(CCC2Cn2cc(CC3CCCNC3)nn2)N1OS(=O)(=O)O.O=C1N2CC(CCC2Cn2cc(CC3CCNC3)nn2)N1OS(=O)(=O)O.O=C=O. The fraction of sp³-hybridized carbons (Fsp3) is 0.661. The number of nitrogens with two attached hydrogens (primary N) is 1. The van der Waals surface area contributed by atoms with E-state index in [2.05, 4.69) is 69.0 Å². The van der Waals surface area contributed by atoms with Crippen molar-refractivity contribution < 1.29 is 97.8 Å². The van der Waals surface area contributed by atoms with Crippen LogP contribution in [0.15, 0.2) is 55.1 Å². The molecule has 0 saturated carbocycles. The number of piperidine rings is 5. The van der Waals surface area contributed by atoms with Gasteiger partial charge in [0.2, 0.25) is 0 Å². The number of aromatic nitrogens is 12. The molecule has 8 N–H and O–H groups in total. The molecule has 4 aromatic heterocycles. The summed E-state index contributed by atoms with van der Waals surface area (Å²) in [5.74, 6) is 1.16. The number of fused-ring (bicyclic) bond motifs is 8. The molecular weight excluding hydrogens is 1480 g/mol. The van der Waals surface area contributed by atoms with Crippen LogP contribution in [0.4, 0.5) is 19.2 Å². The Bertz CT molecular complexity index is 4350. The Labute approximate surface area is 601 Å². The van der Waals surface area contributed by atoms with E-state index in [1.807, 2.05) is 48.9 Å². The van der Waals surface area contributed by atoms with Crippen LogP contribution in [0.1, 0.15) is 87.7 Å². The Hall–Kier alpha value is -8.40. The highest BCUT2D eigenvalue weighted by Crippen LogP contribution is 2.36. The molecule has 576 valence electrons. The maximum absolute atomic E-state index is 12.4. The summed E-state index contributed by atoms with van der Waals surface area (Å²) in [5.41, 5.74) is 9.83. The smallest absolute Gasteiger partial charge is 0.330 e. The number of urea groups is 4. The number of nitrogens with zero attached hydrogens (tertiary/aromatic N) is 20. The average molecular weight is 1560 g/mol. The van der Waals surface area contributed by atoms with Crippen LogP contribution < -0.4 is 16.4 Å². The predicted molar refractivity (Wildman–Crippen MR) is 351 cm³/mol. The second kappa shape index (κ2) is 33.6. The zero-order valence-corrected chi connectivity index (χ0v) is 59.6. The number of amides is 8. The van der Waals surface area contributed by atoms with Crippen LogP contribution in [0.25, 0.3) is 11.3 Å². The molecule has 5 aromatic rings. The number of benzene rings is 1. The van der Waals surface area contributed by atoms with E-state index < -0.39 is 71.8 Å². The van der Waals surface area contributed by atoms with Gasteiger partial charge in [0.25, 0.3) is 0 Å². The van der Waals surface area contributed by atoms with Gasteiger partial charge < -0.3 is 36.0 Å². The van der Waals surface area contributed by atoms with E-state index in [0.29, 0.717) is 129 Å². The molecule has 10 aliphatic heterocycles. The fourth-order valence-electron chi connectivity index (χ4n) is 14.7. The number of carbonyl (C=O) groups is 4. The van der Waals surface area contributed by atoms with Crippen molar-refractivity contribution in [2.75, 3.05) is 58.9 Å². The number of nitrogens with one attached hydrogen (secondary N) is 2. The van der Waals surface area contributed by atoms with Gasteiger partial charge in [-0.25, -0.2) is 23.9 Å². The summed E-state index contributed by atoms with van der Waals surface area (Å²) in [6.07, 6.45) is 18.7. The molecule has 10 atom stereocenters. The molecule has 10 fully saturated rings. The molecule has 1 aromatic carbocycles. The molecule has 10 saturated heterocycles. The zero-order chi connectivity index (χ0) is 75.0. The minimum atomic E-state index is -4.73. The van der Waals surface area contributed by atoms with Gasteiger partial charge in [-0.2, -0.15) is 63.5 Å². The monoisotopic (exact) mass is 1560 g/mol. The second-order valence-corrected chi connectivity index (χ2v) is 30.7. The lowest BCUT2D eigenvalue weighted by atomic mass is 9.95. The van der Waals surface area contributed by atoms with Gasteiger partial charge in [0, 0.05) is 56.8 Å². The van der Waals surface area contributed by atoms with Crippen molar-refractivity contribution in [2.24, 2.45) is 17.6 Å². The first-order valence-corrected chi connectivity index (χ1v) is 39.2. The lowest BCUT2D eigenvalue weighted by Gasteiger charge is -2.30. The first-order valence-electron chi connectivity index (χ1n) is 33.8. The Balaban J connectivity index is 0.000000138. The van der Waals surface area contributed by atoms with Crippen molar-refractivity contribution in [1.29, 1.82) is 0 Å². The summed E-state index contributed by atoms with van der Waals surface area (Å²) in [6.45, 7) is 7.93. The fourth-order valence-corrected chi connectivity index (χ4v) is 16.3. The Kier molecular flexibility index (Phi) is 24.9. The van der Waals surface area contributed by atoms with E-state index in [0.717, 1.165) is 94.0 Å². The van der Waals surface area contributed by atoms with Gasteiger partial charge in [-0.05, 0) is 128 Å². The molecule has 0 aliphatic carbocycles. The van der Waals surface area contributed by atoms with Crippen LogP contribution in [-0.2, 0) is 114 Å². The van der Waals surface area contributed by atoms with E-state index in [-0.39, 0.29) is 48.4 Å². The van der Waals surface area contributed by atoms with Crippen molar-refractivity contribution in [2.45, 2.75) is 164 Å². The summed E-state index contributed by atoms with van der Waals surface area (Å²) in [5, 5.41) is 42.8. The summed E-state index contributed by atoms with van der Waals surface area (Å²) in [6, 6.07) is 5.35. The minimum absolute atomic E-state index is 0.114. The highest BCUT2D eigenvalue weighted by Gasteiger charge is 2.51. The highest BCUT2D eigenvalue weighted by atomic mass is 32.3. The van der Waals surface area contributed by atoms with E-state index >= 15 is 0 Å². The lowest BCUT2D eigenvalue weighted by Crippen LogP contribution is -2.42. The molecule has 10 aliphatic rings. The van der Waals surface area contributed by atoms with Gasteiger partial charge >= 0.3 is 71.9 Å². The van der Waals surface area contributed by atoms with Gasteiger partial charge in [0.05, 0.1) is 97.8 Å². The Morgan fingerprint density at radius 3 is 1.12 bits per heavy atom. The van der Waals surface area contributed by atoms with E-state index in [1.54, 1.807) is 39.6 Å². The van der Waals surface area contributed by atoms with Gasteiger partial charge in [-0.15, -0.1) is 37.5 Å². The highest BCUT2D eigenvalue weighted by molar-refractivity contribution is 7.81. The first kappa shape index (κ1) is 77.7. The third-order valence-electron chi connectivity index (χ3n) is 19.4. The van der Waals surface area contributed by atoms with Gasteiger partial charge in [-0.3, -0.25) is 32.3 Å². The van der Waals surface area contributed by atoms with Gasteiger partial charge in [0.1, 0.15) is 5.69 Å². The maximum atomic E-state index is 12.4. The summed E-state index contributed by atoms with van der Waals surface area (Å²) >= 11 is 0. The molecule has 105 heavy (non-hydrogen) atoms. The predicted octanol–water partition coefficient (Wildman–Crippen LogP) is -1.60. The van der Waals surface area contributed by atoms with Crippen LogP contribution in [-0.4, -0.2) is 289 Å². The second-order valence-electron chi connectivity index (χ2n) is 26.7. The summed E-state index contributed by atoms with van der Waals surface area (Å²) < 4.78 is 147. The number of hydrogen-bond acceptors (Lipinski definition) is 29. The number of hydrogen-bond donors (Lipinski definition) is 7. The largest absolute Gasteiger partial charge is 0.418 e. The Morgan fingerprint density at radius 2 is 0.781 bits per heavy atom. The molecule has 15 rings (SSSR count). The van der Waals surface area contributed by atoms with Gasteiger partial charge in [0.15, 0.2) is 0 Å². The number of carbonyl (C=O) groups excluding carboxylic acids is 6. The average Bonchev–Trinajstić information content (AvgIpc) is 1.65. The maximum Gasteiger partial charge on any atom is 0.418 e. The standard InChI is InChI=1S/C15H24N6O5S.C15H17N5O5S.C14H22N6O5S.C11H18N6O5S.CO2/c22-15-20-10-14(21(15)26-27(23,24)25)4-3-13(20)9-19-8-12(17-18-19)6-11-2-1-5-16-7-11;21-15-19-9-13(20(15)25-26(22,23)24)7-6-12(19)8-18-10-14(16-17-18)11-4-2-1-3-5-11;21-14-19-9-13(20(14)25-26(22,23)24)2-1-12(19)8-18-7-11(16-17-18)5-10-3-4-15-6-10;12-4-3-8-5-15(14-13-8)6-9-1-2-10-7-16(9)11(18)17(10)22-23(19,20)21;2-1-3/h8,11,13-14,16H,1-7,9-10H2,(H,23,24,25);1-5,10,12-13H,6-9H2,(H,22,23,24);7,10,12-13,15H,1-6,8-9H2,(H,22,23,24);5,9-10H,1-4,6-7,12H2,(H,19,20,21);. The molecule has 0 spiro atoms. The number of rotatable bonds is 23. The van der Waals surface area contributed by atoms with E-state index in [9.17, 15) is 52.8 Å². The molecular formula is C56H81N23O22S4. The molecule has 45 nitrogen and oxygen atoms in total. The lowest BCUT2D eigenvalue weighted by molar-refractivity contribution is -0.191. The number of hydroxylamine groups is 8. The Morgan fingerprint density at radius 1 is 0.448 bits per heavy atom. The molecule has 8 amide bonds. The molecule has 0 radical (unpaired) electrons. The van der Waals surface area contributed by atoms with Crippen molar-refractivity contribution in [3.05, 3.63) is 72.2 Å². The molecule has 49 heteroatoms. The third kappa shape index (κ3) is 20.6. The summed E-state index contributed by atoms with van der Waals surface area (Å²) in [7, 11) is -18.9. The molecule has 10 unspecified atom stereocenters. The van der Waals surface area contributed by atoms with E-state index in [4.69, 9.17) is 33.5 Å². The zero-order valence-electron chi connectivity index (χ0n) is 56.4. The minimum Gasteiger partial charge on any atom is -0.330 e. The summed E-state index contributed by atoms with van der Waals surface area (Å²) in [4.78, 5) is 72.0. The van der Waals surface area contributed by atoms with Crippen molar-refractivity contribution >= 4 is 71.9 Å². The van der Waals surface area contributed by atoms with Crippen LogP contribution >= 0.6 is 0 Å². The molecule has 14 heterocycles. The van der Waals surface area contributed by atoms with Crippen LogP contribution in [0.2, 0.25) is 0 Å². The third-order valence-corrected chi connectivity index (χ3v) is 20.8. The van der Waals surface area contributed by atoms with Crippen molar-refractivity contribution in [1.82, 2.24) is 110 Å². The van der Waals surface area contributed by atoms with Crippen LogP contribution in [0.3, 0.4) is 0 Å². The van der Waals surface area contributed by atoms with Crippen molar-refractivity contribution in [3.8, 4) is 11.3 Å². The van der Waals surface area contributed by atoms with Gasteiger partial charge in [-0.1, -0.05) is 51.2 Å². The molecule has 8 bridgehead atoms. The quantitative estimate of drug-likeness (QED) is 0.0362. The van der Waals surface area contributed by atoms with E-state index in [1.165, 1.54) is 17.7 Å². The normalized spacial score (nSPS) is 25.7.